The van der Waals surface area contributed by atoms with Crippen molar-refractivity contribution in [2.45, 2.75) is 6.42 Å². The van der Waals surface area contributed by atoms with Crippen LogP contribution in [-0.2, 0) is 4.79 Å². The zero-order valence-electron chi connectivity index (χ0n) is 13.0. The Morgan fingerprint density at radius 2 is 2.00 bits per heavy atom. The number of rotatable bonds is 3. The van der Waals surface area contributed by atoms with Crippen LogP contribution in [0.25, 0.3) is 23.1 Å². The number of hydrogen-bond donors (Lipinski definition) is 3. The average molecular weight is 310 g/mol. The summed E-state index contributed by atoms with van der Waals surface area (Å²) in [4.78, 5) is 28.4. The monoisotopic (exact) mass is 310 g/mol. The molecule has 1 amide bonds. The number of carbonyl (C=O) groups excluding carboxylic acids is 1. The molecule has 23 heavy (non-hydrogen) atoms. The van der Waals surface area contributed by atoms with Crippen molar-refractivity contribution in [3.05, 3.63) is 56.9 Å². The Morgan fingerprint density at radius 1 is 1.22 bits per heavy atom. The van der Waals surface area contributed by atoms with Gasteiger partial charge in [-0.2, -0.15) is 0 Å². The summed E-state index contributed by atoms with van der Waals surface area (Å²) in [5.74, 6) is -0.0231. The molecule has 3 aromatic rings. The van der Waals surface area contributed by atoms with Crippen LogP contribution in [0.15, 0.2) is 35.3 Å². The van der Waals surface area contributed by atoms with Gasteiger partial charge in [0.05, 0.1) is 10.6 Å². The summed E-state index contributed by atoms with van der Waals surface area (Å²) in [6, 6.07) is 7.89. The number of para-hydroxylation sites is 1. The maximum absolute atomic E-state index is 12.0. The molecule has 0 aliphatic rings. The van der Waals surface area contributed by atoms with E-state index in [2.05, 4.69) is 15.2 Å². The molecule has 6 heteroatoms. The number of hydrogen-bond acceptors (Lipinski definition) is 2. The molecule has 0 unspecified atom stereocenters. The zero-order valence-corrected chi connectivity index (χ0v) is 13.0. The van der Waals surface area contributed by atoms with Crippen molar-refractivity contribution in [3.8, 4) is 0 Å². The lowest BCUT2D eigenvalue weighted by atomic mass is 10.1. The molecule has 0 fully saturated rings. The second-order valence-corrected chi connectivity index (χ2v) is 5.54. The molecule has 0 atom stereocenters. The maximum Gasteiger partial charge on any atom is 0.271 e. The van der Waals surface area contributed by atoms with E-state index in [1.54, 1.807) is 20.2 Å². The topological polar surface area (TPSA) is 84.8 Å². The van der Waals surface area contributed by atoms with Gasteiger partial charge in [0.15, 0.2) is 0 Å². The number of benzene rings is 1. The average Bonchev–Trinajstić information content (AvgIpc) is 3.10. The fourth-order valence-electron chi connectivity index (χ4n) is 2.43. The smallest absolute Gasteiger partial charge is 0.271 e. The number of amides is 1. The highest BCUT2D eigenvalue weighted by molar-refractivity contribution is 5.88. The van der Waals surface area contributed by atoms with Crippen LogP contribution >= 0.6 is 0 Å². The minimum Gasteiger partial charge on any atom is -0.361 e. The first-order valence-electron chi connectivity index (χ1n) is 7.31. The van der Waals surface area contributed by atoms with E-state index in [9.17, 15) is 9.59 Å². The Kier molecular flexibility index (Phi) is 3.89. The van der Waals surface area contributed by atoms with Gasteiger partial charge in [0.25, 0.3) is 5.56 Å². The lowest BCUT2D eigenvalue weighted by molar-refractivity contribution is -0.127. The maximum atomic E-state index is 12.0. The molecule has 3 N–H and O–H groups in total. The molecule has 0 aliphatic heterocycles. The fraction of sp³-hybridized carbons (Fsp3) is 0.176. The van der Waals surface area contributed by atoms with Crippen molar-refractivity contribution in [1.29, 1.82) is 0 Å². The van der Waals surface area contributed by atoms with Crippen LogP contribution in [0.3, 0.4) is 0 Å². The third-order valence-corrected chi connectivity index (χ3v) is 3.75. The summed E-state index contributed by atoms with van der Waals surface area (Å²) in [5.41, 5.74) is 1.73. The van der Waals surface area contributed by atoms with E-state index in [-0.39, 0.29) is 17.9 Å². The second kappa shape index (κ2) is 6.00. The van der Waals surface area contributed by atoms with Crippen LogP contribution in [0.2, 0.25) is 0 Å². The highest BCUT2D eigenvalue weighted by atomic mass is 16.2. The van der Waals surface area contributed by atoms with Crippen LogP contribution in [0, 0.1) is 0 Å². The van der Waals surface area contributed by atoms with E-state index in [0.29, 0.717) is 10.6 Å². The highest BCUT2D eigenvalue weighted by Gasteiger charge is 2.04. The lowest BCUT2D eigenvalue weighted by Gasteiger charge is -2.06. The van der Waals surface area contributed by atoms with Crippen LogP contribution in [0.5, 0.6) is 0 Å². The summed E-state index contributed by atoms with van der Waals surface area (Å²) < 4.78 is 0. The predicted molar refractivity (Wildman–Crippen MR) is 90.3 cm³/mol. The van der Waals surface area contributed by atoms with Crippen LogP contribution in [0.1, 0.15) is 12.0 Å². The van der Waals surface area contributed by atoms with E-state index < -0.39 is 0 Å². The van der Waals surface area contributed by atoms with Gasteiger partial charge < -0.3 is 9.88 Å². The number of H-pyrrole nitrogens is 3. The molecule has 0 aliphatic carbocycles. The van der Waals surface area contributed by atoms with Gasteiger partial charge >= 0.3 is 0 Å². The van der Waals surface area contributed by atoms with Gasteiger partial charge in [0.2, 0.25) is 5.91 Å². The quantitative estimate of drug-likeness (QED) is 0.649. The Balaban J connectivity index is 2.10. The Bertz CT molecular complexity index is 1020. The first kappa shape index (κ1) is 14.9. The lowest BCUT2D eigenvalue weighted by Crippen LogP contribution is -2.33. The number of aromatic nitrogens is 3. The predicted octanol–water partition coefficient (Wildman–Crippen LogP) is 0.272. The number of carbonyl (C=O) groups is 1. The summed E-state index contributed by atoms with van der Waals surface area (Å²) in [6.07, 6.45) is 5.64. The van der Waals surface area contributed by atoms with Gasteiger partial charge in [-0.25, -0.2) is 0 Å². The van der Waals surface area contributed by atoms with Crippen LogP contribution < -0.4 is 16.1 Å². The van der Waals surface area contributed by atoms with Crippen molar-refractivity contribution in [2.24, 2.45) is 0 Å². The highest BCUT2D eigenvalue weighted by Crippen LogP contribution is 2.17. The standard InChI is InChI=1S/C17H18N4O2/c1-21(2)16(22)8-7-15-13(17(23)20-19-15)9-11-10-18-14-6-4-3-5-12(11)14/h3-7,9-10,18-19H,8H2,1-2H3,(H,20,23). The molecular weight excluding hydrogens is 292 g/mol. The second-order valence-electron chi connectivity index (χ2n) is 5.54. The fourth-order valence-corrected chi connectivity index (χ4v) is 2.43. The number of fused-ring (bicyclic) bond motifs is 1. The SMILES string of the molecule is CN(C)C(=O)CC=c1[nH][nH]c(=O)c1=Cc1c[nH]c2ccccc12. The Morgan fingerprint density at radius 3 is 2.78 bits per heavy atom. The van der Waals surface area contributed by atoms with E-state index in [1.807, 2.05) is 36.5 Å². The number of nitrogens with one attached hydrogen (secondary N) is 3. The van der Waals surface area contributed by atoms with Crippen LogP contribution in [0.4, 0.5) is 0 Å². The van der Waals surface area contributed by atoms with Gasteiger partial charge in [-0.1, -0.05) is 18.2 Å². The summed E-state index contributed by atoms with van der Waals surface area (Å²) in [6.45, 7) is 0. The molecule has 6 nitrogen and oxygen atoms in total. The summed E-state index contributed by atoms with van der Waals surface area (Å²) >= 11 is 0. The summed E-state index contributed by atoms with van der Waals surface area (Å²) in [7, 11) is 3.41. The van der Waals surface area contributed by atoms with Crippen molar-refractivity contribution < 1.29 is 4.79 Å². The first-order chi connectivity index (χ1) is 11.1. The Labute approximate surface area is 132 Å². The van der Waals surface area contributed by atoms with Crippen LogP contribution in [-0.4, -0.2) is 40.1 Å². The van der Waals surface area contributed by atoms with E-state index in [0.717, 1.165) is 16.5 Å². The molecule has 2 heterocycles. The van der Waals surface area contributed by atoms with E-state index in [4.69, 9.17) is 0 Å². The minimum absolute atomic E-state index is 0.0231. The van der Waals surface area contributed by atoms with Crippen molar-refractivity contribution in [2.75, 3.05) is 14.1 Å². The number of nitrogens with zero attached hydrogens (tertiary/aromatic N) is 1. The normalized spacial score (nSPS) is 13.0. The van der Waals surface area contributed by atoms with E-state index in [1.165, 1.54) is 4.90 Å². The molecule has 0 spiro atoms. The number of aromatic amines is 3. The molecule has 0 bridgehead atoms. The molecule has 0 radical (unpaired) electrons. The van der Waals surface area contributed by atoms with Crippen molar-refractivity contribution in [1.82, 2.24) is 20.1 Å². The molecular formula is C17H18N4O2. The van der Waals surface area contributed by atoms with Gasteiger partial charge in [0.1, 0.15) is 0 Å². The minimum atomic E-state index is -0.209. The summed E-state index contributed by atoms with van der Waals surface area (Å²) in [5, 5.41) is 7.58. The van der Waals surface area contributed by atoms with Gasteiger partial charge in [-0.15, -0.1) is 0 Å². The van der Waals surface area contributed by atoms with Gasteiger partial charge in [0, 0.05) is 43.2 Å². The largest absolute Gasteiger partial charge is 0.361 e. The third-order valence-electron chi connectivity index (χ3n) is 3.75. The first-order valence-corrected chi connectivity index (χ1v) is 7.31. The molecule has 118 valence electrons. The molecule has 1 aromatic carbocycles. The Hall–Kier alpha value is -3.02. The van der Waals surface area contributed by atoms with Gasteiger partial charge in [-0.3, -0.25) is 19.8 Å². The van der Waals surface area contributed by atoms with E-state index >= 15 is 0 Å². The zero-order chi connectivity index (χ0) is 16.4. The molecule has 0 saturated heterocycles. The molecule has 0 saturated carbocycles. The van der Waals surface area contributed by atoms with Gasteiger partial charge in [-0.05, 0) is 18.2 Å². The molecule has 2 aromatic heterocycles. The third kappa shape index (κ3) is 2.96. The molecule has 3 rings (SSSR count). The van der Waals surface area contributed by atoms with Crippen molar-refractivity contribution >= 4 is 29.0 Å². The van der Waals surface area contributed by atoms with Crippen molar-refractivity contribution in [3.63, 3.8) is 0 Å².